The summed E-state index contributed by atoms with van der Waals surface area (Å²) >= 11 is 0. The minimum Gasteiger partial charge on any atom is -0.507 e. The number of amides is 1. The van der Waals surface area contributed by atoms with Crippen LogP contribution in [0.4, 0.5) is 0 Å². The predicted molar refractivity (Wildman–Crippen MR) is 132 cm³/mol. The lowest BCUT2D eigenvalue weighted by atomic mass is 9.99. The molecule has 2 aromatic rings. The second-order valence-corrected chi connectivity index (χ2v) is 8.55. The van der Waals surface area contributed by atoms with Crippen molar-refractivity contribution in [2.45, 2.75) is 53.0 Å². The van der Waals surface area contributed by atoms with Crippen molar-refractivity contribution in [3.63, 3.8) is 0 Å². The van der Waals surface area contributed by atoms with Crippen molar-refractivity contribution in [1.29, 1.82) is 0 Å². The molecule has 1 aromatic heterocycles. The van der Waals surface area contributed by atoms with E-state index < -0.39 is 17.7 Å². The standard InChI is InChI=1S/C27H36N2O5/c1-5-8-17-33-21-12-9-11-20(18-21)25(30)23-24(22-14-13-19(4)34-22)29(27(32)26(23)31)16-10-15-28(6-2)7-3/h9,11-14,18,24,30H,5-8,10,15-17H2,1-4H3. The normalized spacial score (nSPS) is 17.7. The van der Waals surface area contributed by atoms with Gasteiger partial charge in [-0.05, 0) is 63.7 Å². The third-order valence-electron chi connectivity index (χ3n) is 6.21. The maximum atomic E-state index is 13.1. The number of ether oxygens (including phenoxy) is 1. The number of ketones is 1. The highest BCUT2D eigenvalue weighted by Crippen LogP contribution is 2.40. The van der Waals surface area contributed by atoms with Gasteiger partial charge in [0.05, 0.1) is 12.2 Å². The maximum Gasteiger partial charge on any atom is 0.295 e. The molecular weight excluding hydrogens is 432 g/mol. The fourth-order valence-corrected chi connectivity index (χ4v) is 4.23. The molecule has 1 aliphatic rings. The van der Waals surface area contributed by atoms with E-state index >= 15 is 0 Å². The largest absolute Gasteiger partial charge is 0.507 e. The number of nitrogens with zero attached hydrogens (tertiary/aromatic N) is 2. The Morgan fingerprint density at radius 3 is 2.53 bits per heavy atom. The van der Waals surface area contributed by atoms with Crippen molar-refractivity contribution in [3.8, 4) is 5.75 Å². The van der Waals surface area contributed by atoms with Crippen LogP contribution in [0.5, 0.6) is 5.75 Å². The third kappa shape index (κ3) is 5.70. The van der Waals surface area contributed by atoms with E-state index in [4.69, 9.17) is 9.15 Å². The molecule has 0 radical (unpaired) electrons. The Kier molecular flexibility index (Phi) is 8.93. The van der Waals surface area contributed by atoms with Crippen LogP contribution < -0.4 is 4.74 Å². The number of carbonyl (C=O) groups is 2. The molecule has 184 valence electrons. The van der Waals surface area contributed by atoms with Gasteiger partial charge < -0.3 is 24.1 Å². The molecule has 0 saturated carbocycles. The van der Waals surface area contributed by atoms with Gasteiger partial charge in [0.25, 0.3) is 11.7 Å². The van der Waals surface area contributed by atoms with Crippen LogP contribution in [-0.4, -0.2) is 59.4 Å². The average Bonchev–Trinajstić information content (AvgIpc) is 3.37. The van der Waals surface area contributed by atoms with Crippen LogP contribution in [-0.2, 0) is 9.59 Å². The number of carbonyl (C=O) groups excluding carboxylic acids is 2. The number of aliphatic hydroxyl groups excluding tert-OH is 1. The SMILES string of the molecule is CCCCOc1cccc(C(O)=C2C(=O)C(=O)N(CCCN(CC)CC)C2c2ccc(C)o2)c1. The summed E-state index contributed by atoms with van der Waals surface area (Å²) in [5.41, 5.74) is 0.483. The molecule has 1 saturated heterocycles. The van der Waals surface area contributed by atoms with E-state index in [0.29, 0.717) is 42.4 Å². The molecule has 1 aliphatic heterocycles. The van der Waals surface area contributed by atoms with Crippen molar-refractivity contribution in [2.75, 3.05) is 32.8 Å². The number of furan rings is 1. The highest BCUT2D eigenvalue weighted by atomic mass is 16.5. The van der Waals surface area contributed by atoms with Crippen molar-refractivity contribution >= 4 is 17.4 Å². The second kappa shape index (κ2) is 11.9. The zero-order valence-electron chi connectivity index (χ0n) is 20.7. The van der Waals surface area contributed by atoms with Crippen molar-refractivity contribution in [1.82, 2.24) is 9.80 Å². The summed E-state index contributed by atoms with van der Waals surface area (Å²) in [6.45, 7) is 11.7. The number of rotatable bonds is 12. The van der Waals surface area contributed by atoms with Crippen LogP contribution in [0, 0.1) is 6.92 Å². The number of likely N-dealkylation sites (tertiary alicyclic amines) is 1. The molecule has 0 bridgehead atoms. The molecule has 0 spiro atoms. The van der Waals surface area contributed by atoms with Gasteiger partial charge in [0.2, 0.25) is 0 Å². The van der Waals surface area contributed by atoms with Crippen LogP contribution in [0.1, 0.15) is 63.2 Å². The summed E-state index contributed by atoms with van der Waals surface area (Å²) in [7, 11) is 0. The van der Waals surface area contributed by atoms with Gasteiger partial charge in [-0.25, -0.2) is 0 Å². The summed E-state index contributed by atoms with van der Waals surface area (Å²) in [5.74, 6) is 0.222. The molecule has 1 fully saturated rings. The zero-order valence-corrected chi connectivity index (χ0v) is 20.7. The third-order valence-corrected chi connectivity index (χ3v) is 6.21. The highest BCUT2D eigenvalue weighted by Gasteiger charge is 2.47. The Hall–Kier alpha value is -3.06. The first-order chi connectivity index (χ1) is 16.4. The first kappa shape index (κ1) is 25.6. The van der Waals surface area contributed by atoms with Crippen LogP contribution in [0.15, 0.2) is 46.4 Å². The van der Waals surface area contributed by atoms with Gasteiger partial charge in [-0.2, -0.15) is 0 Å². The Morgan fingerprint density at radius 2 is 1.88 bits per heavy atom. The summed E-state index contributed by atoms with van der Waals surface area (Å²) in [5, 5.41) is 11.2. The van der Waals surface area contributed by atoms with Crippen molar-refractivity contribution in [3.05, 3.63) is 59.1 Å². The Bertz CT molecular complexity index is 1020. The number of hydrogen-bond donors (Lipinski definition) is 1. The molecule has 34 heavy (non-hydrogen) atoms. The second-order valence-electron chi connectivity index (χ2n) is 8.55. The van der Waals surface area contributed by atoms with E-state index in [-0.39, 0.29) is 11.3 Å². The molecule has 1 unspecified atom stereocenters. The smallest absolute Gasteiger partial charge is 0.295 e. The van der Waals surface area contributed by atoms with Gasteiger partial charge in [0, 0.05) is 12.1 Å². The molecule has 7 heteroatoms. The fourth-order valence-electron chi connectivity index (χ4n) is 4.23. The van der Waals surface area contributed by atoms with Crippen LogP contribution in [0.3, 0.4) is 0 Å². The lowest BCUT2D eigenvalue weighted by Gasteiger charge is -2.25. The van der Waals surface area contributed by atoms with Gasteiger partial charge in [-0.3, -0.25) is 9.59 Å². The predicted octanol–water partition coefficient (Wildman–Crippen LogP) is 4.92. The topological polar surface area (TPSA) is 83.2 Å². The molecule has 1 N–H and O–H groups in total. The Labute approximate surface area is 202 Å². The number of benzene rings is 1. The van der Waals surface area contributed by atoms with Gasteiger partial charge >= 0.3 is 0 Å². The molecule has 7 nitrogen and oxygen atoms in total. The van der Waals surface area contributed by atoms with Crippen molar-refractivity contribution < 1.29 is 23.8 Å². The molecule has 1 aromatic carbocycles. The number of hydrogen-bond acceptors (Lipinski definition) is 6. The lowest BCUT2D eigenvalue weighted by molar-refractivity contribution is -0.140. The minimum absolute atomic E-state index is 0.0490. The van der Waals surface area contributed by atoms with Gasteiger partial charge in [0.15, 0.2) is 0 Å². The zero-order chi connectivity index (χ0) is 24.7. The summed E-state index contributed by atoms with van der Waals surface area (Å²) in [6, 6.07) is 9.78. The molecular formula is C27H36N2O5. The van der Waals surface area contributed by atoms with Gasteiger partial charge in [0.1, 0.15) is 29.1 Å². The fraction of sp³-hybridized carbons (Fsp3) is 0.481. The quantitative estimate of drug-likeness (QED) is 0.206. The lowest BCUT2D eigenvalue weighted by Crippen LogP contribution is -2.33. The minimum atomic E-state index is -0.768. The number of aliphatic hydroxyl groups is 1. The summed E-state index contributed by atoms with van der Waals surface area (Å²) < 4.78 is 11.6. The van der Waals surface area contributed by atoms with E-state index in [1.807, 2.05) is 13.0 Å². The van der Waals surface area contributed by atoms with Gasteiger partial charge in [-0.1, -0.05) is 39.3 Å². The molecule has 1 amide bonds. The van der Waals surface area contributed by atoms with E-state index in [0.717, 1.165) is 32.5 Å². The van der Waals surface area contributed by atoms with E-state index in [1.54, 1.807) is 30.3 Å². The molecule has 2 heterocycles. The highest BCUT2D eigenvalue weighted by molar-refractivity contribution is 6.46. The average molecular weight is 469 g/mol. The first-order valence-electron chi connectivity index (χ1n) is 12.2. The van der Waals surface area contributed by atoms with Crippen LogP contribution in [0.2, 0.25) is 0 Å². The van der Waals surface area contributed by atoms with Crippen LogP contribution >= 0.6 is 0 Å². The summed E-state index contributed by atoms with van der Waals surface area (Å²) in [4.78, 5) is 30.0. The van der Waals surface area contributed by atoms with Crippen LogP contribution in [0.25, 0.3) is 5.76 Å². The monoisotopic (exact) mass is 468 g/mol. The number of aryl methyl sites for hydroxylation is 1. The molecule has 3 rings (SSSR count). The number of unbranched alkanes of at least 4 members (excludes halogenated alkanes) is 1. The first-order valence-corrected chi connectivity index (χ1v) is 12.2. The van der Waals surface area contributed by atoms with E-state index in [1.165, 1.54) is 4.90 Å². The summed E-state index contributed by atoms with van der Waals surface area (Å²) in [6.07, 6.45) is 2.65. The Morgan fingerprint density at radius 1 is 1.12 bits per heavy atom. The van der Waals surface area contributed by atoms with Gasteiger partial charge in [-0.15, -0.1) is 0 Å². The van der Waals surface area contributed by atoms with E-state index in [2.05, 4.69) is 25.7 Å². The molecule has 0 aliphatic carbocycles. The Balaban J connectivity index is 1.95. The maximum absolute atomic E-state index is 13.1. The number of Topliss-reactive ketones (excluding diaryl/α,β-unsaturated/α-hetero) is 1. The molecule has 1 atom stereocenters. The van der Waals surface area contributed by atoms with Crippen molar-refractivity contribution in [2.24, 2.45) is 0 Å². The van der Waals surface area contributed by atoms with E-state index in [9.17, 15) is 14.7 Å².